The first-order valence-corrected chi connectivity index (χ1v) is 9.29. The highest BCUT2D eigenvalue weighted by Gasteiger charge is 2.40. The number of unbranched alkanes of at least 4 members (excludes halogenated alkanes) is 3. The molecular formula is C22H30O2. The highest BCUT2D eigenvalue weighted by Crippen LogP contribution is 2.50. The number of fused-ring (bicyclic) bond motifs is 2. The van der Waals surface area contributed by atoms with Gasteiger partial charge in [-0.3, -0.25) is 0 Å². The molecular weight excluding hydrogens is 296 g/mol. The van der Waals surface area contributed by atoms with Crippen molar-refractivity contribution in [3.63, 3.8) is 0 Å². The maximum atomic E-state index is 10.3. The van der Waals surface area contributed by atoms with Gasteiger partial charge in [-0.05, 0) is 18.6 Å². The number of ether oxygens (including phenoxy) is 1. The Balaban J connectivity index is 0.00000100. The summed E-state index contributed by atoms with van der Waals surface area (Å²) in [6.07, 6.45) is 5.77. The summed E-state index contributed by atoms with van der Waals surface area (Å²) < 4.78 is 6.05. The molecule has 0 aromatic heterocycles. The summed E-state index contributed by atoms with van der Waals surface area (Å²) in [6, 6.07) is 16.3. The summed E-state index contributed by atoms with van der Waals surface area (Å²) in [6.45, 7) is 6.34. The van der Waals surface area contributed by atoms with Gasteiger partial charge in [-0.1, -0.05) is 82.9 Å². The van der Waals surface area contributed by atoms with Crippen LogP contribution in [-0.4, -0.2) is 11.7 Å². The average molecular weight is 326 g/mol. The van der Waals surface area contributed by atoms with Crippen molar-refractivity contribution in [2.45, 2.75) is 58.3 Å². The lowest BCUT2D eigenvalue weighted by molar-refractivity contribution is 0.196. The van der Waals surface area contributed by atoms with Gasteiger partial charge in [0.15, 0.2) is 0 Å². The van der Waals surface area contributed by atoms with Crippen molar-refractivity contribution in [1.82, 2.24) is 0 Å². The van der Waals surface area contributed by atoms with Gasteiger partial charge < -0.3 is 9.84 Å². The van der Waals surface area contributed by atoms with E-state index in [0.717, 1.165) is 35.5 Å². The number of benzene rings is 2. The monoisotopic (exact) mass is 326 g/mol. The molecule has 3 rings (SSSR count). The fourth-order valence-electron chi connectivity index (χ4n) is 3.54. The van der Waals surface area contributed by atoms with Crippen molar-refractivity contribution in [1.29, 1.82) is 0 Å². The molecule has 2 nitrogen and oxygen atoms in total. The minimum Gasteiger partial charge on any atom is -0.457 e. The van der Waals surface area contributed by atoms with E-state index >= 15 is 0 Å². The van der Waals surface area contributed by atoms with Crippen LogP contribution >= 0.6 is 0 Å². The SMILES string of the molecule is CC.CCCCCCC1(CO)c2ccccc2Oc2ccccc21. The van der Waals surface area contributed by atoms with Gasteiger partial charge >= 0.3 is 0 Å². The molecule has 0 saturated carbocycles. The highest BCUT2D eigenvalue weighted by atomic mass is 16.5. The summed E-state index contributed by atoms with van der Waals surface area (Å²) in [7, 11) is 0. The number of rotatable bonds is 6. The average Bonchev–Trinajstić information content (AvgIpc) is 2.66. The molecule has 1 heterocycles. The van der Waals surface area contributed by atoms with Crippen molar-refractivity contribution in [2.24, 2.45) is 0 Å². The normalized spacial score (nSPS) is 13.8. The zero-order chi connectivity index (χ0) is 17.4. The van der Waals surface area contributed by atoms with E-state index in [9.17, 15) is 5.11 Å². The third-order valence-electron chi connectivity index (χ3n) is 4.75. The smallest absolute Gasteiger partial charge is 0.131 e. The Kier molecular flexibility index (Phi) is 6.86. The first kappa shape index (κ1) is 18.5. The second-order valence-electron chi connectivity index (χ2n) is 6.15. The minimum atomic E-state index is -0.334. The molecule has 1 aliphatic heterocycles. The fraction of sp³-hybridized carbons (Fsp3) is 0.455. The second kappa shape index (κ2) is 8.89. The molecule has 2 heteroatoms. The van der Waals surface area contributed by atoms with Crippen LogP contribution < -0.4 is 4.74 Å². The lowest BCUT2D eigenvalue weighted by Crippen LogP contribution is -2.35. The maximum absolute atomic E-state index is 10.3. The Hall–Kier alpha value is -1.80. The van der Waals surface area contributed by atoms with E-state index in [1.54, 1.807) is 0 Å². The number of para-hydroxylation sites is 2. The molecule has 0 fully saturated rings. The number of hydrogen-bond acceptors (Lipinski definition) is 2. The van der Waals surface area contributed by atoms with E-state index in [2.05, 4.69) is 19.1 Å². The van der Waals surface area contributed by atoms with Crippen LogP contribution in [0.5, 0.6) is 11.5 Å². The van der Waals surface area contributed by atoms with Crippen LogP contribution in [0.2, 0.25) is 0 Å². The van der Waals surface area contributed by atoms with E-state index in [1.807, 2.05) is 50.2 Å². The number of aliphatic hydroxyl groups is 1. The van der Waals surface area contributed by atoms with Gasteiger partial charge in [-0.2, -0.15) is 0 Å². The van der Waals surface area contributed by atoms with Gasteiger partial charge in [0, 0.05) is 11.1 Å². The summed E-state index contributed by atoms with van der Waals surface area (Å²) in [5, 5.41) is 10.3. The van der Waals surface area contributed by atoms with Crippen LogP contribution in [0.15, 0.2) is 48.5 Å². The van der Waals surface area contributed by atoms with E-state index < -0.39 is 0 Å². The van der Waals surface area contributed by atoms with E-state index in [4.69, 9.17) is 4.74 Å². The third-order valence-corrected chi connectivity index (χ3v) is 4.75. The summed E-state index contributed by atoms with van der Waals surface area (Å²) >= 11 is 0. The molecule has 0 unspecified atom stereocenters. The quantitative estimate of drug-likeness (QED) is 0.653. The molecule has 0 spiro atoms. The minimum absolute atomic E-state index is 0.122. The Morgan fingerprint density at radius 3 is 1.88 bits per heavy atom. The predicted molar refractivity (Wildman–Crippen MR) is 101 cm³/mol. The zero-order valence-corrected chi connectivity index (χ0v) is 15.2. The second-order valence-corrected chi connectivity index (χ2v) is 6.15. The molecule has 0 amide bonds. The molecule has 1 N–H and O–H groups in total. The van der Waals surface area contributed by atoms with Crippen molar-refractivity contribution in [2.75, 3.05) is 6.61 Å². The van der Waals surface area contributed by atoms with Crippen LogP contribution in [0.1, 0.15) is 64.0 Å². The molecule has 2 aromatic carbocycles. The summed E-state index contributed by atoms with van der Waals surface area (Å²) in [4.78, 5) is 0. The summed E-state index contributed by atoms with van der Waals surface area (Å²) in [5.74, 6) is 1.76. The van der Waals surface area contributed by atoms with Gasteiger partial charge in [0.2, 0.25) is 0 Å². The summed E-state index contributed by atoms with van der Waals surface area (Å²) in [5.41, 5.74) is 1.90. The molecule has 0 radical (unpaired) electrons. The molecule has 0 bridgehead atoms. The molecule has 0 atom stereocenters. The van der Waals surface area contributed by atoms with Gasteiger partial charge in [-0.15, -0.1) is 0 Å². The topological polar surface area (TPSA) is 29.5 Å². The molecule has 0 saturated heterocycles. The van der Waals surface area contributed by atoms with Crippen LogP contribution in [0.4, 0.5) is 0 Å². The van der Waals surface area contributed by atoms with Crippen molar-refractivity contribution in [3.05, 3.63) is 59.7 Å². The highest BCUT2D eigenvalue weighted by molar-refractivity contribution is 5.57. The van der Waals surface area contributed by atoms with Crippen molar-refractivity contribution < 1.29 is 9.84 Å². The van der Waals surface area contributed by atoms with Crippen molar-refractivity contribution in [3.8, 4) is 11.5 Å². The van der Waals surface area contributed by atoms with Gasteiger partial charge in [0.1, 0.15) is 11.5 Å². The molecule has 24 heavy (non-hydrogen) atoms. The zero-order valence-electron chi connectivity index (χ0n) is 15.2. The predicted octanol–water partition coefficient (Wildman–Crippen LogP) is 6.07. The standard InChI is InChI=1S/C20H24O2.C2H6/c1-2-3-4-9-14-20(15-21)16-10-5-7-12-18(16)22-19-13-8-6-11-17(19)20;1-2/h5-8,10-13,21H,2-4,9,14-15H2,1H3;1-2H3. The van der Waals surface area contributed by atoms with E-state index in [0.29, 0.717) is 0 Å². The van der Waals surface area contributed by atoms with Crippen LogP contribution in [0.25, 0.3) is 0 Å². The Labute approximate surface area is 146 Å². The Morgan fingerprint density at radius 1 is 0.833 bits per heavy atom. The van der Waals surface area contributed by atoms with Crippen molar-refractivity contribution >= 4 is 0 Å². The Morgan fingerprint density at radius 2 is 1.38 bits per heavy atom. The maximum Gasteiger partial charge on any atom is 0.131 e. The Bertz CT molecular complexity index is 588. The molecule has 0 aliphatic carbocycles. The first-order chi connectivity index (χ1) is 11.8. The first-order valence-electron chi connectivity index (χ1n) is 9.29. The van der Waals surface area contributed by atoms with Gasteiger partial charge in [0.05, 0.1) is 12.0 Å². The third kappa shape index (κ3) is 3.49. The number of aliphatic hydroxyl groups excluding tert-OH is 1. The number of hydrogen-bond donors (Lipinski definition) is 1. The van der Waals surface area contributed by atoms with Crippen LogP contribution in [0.3, 0.4) is 0 Å². The molecule has 2 aromatic rings. The molecule has 130 valence electrons. The largest absolute Gasteiger partial charge is 0.457 e. The van der Waals surface area contributed by atoms with Gasteiger partial charge in [0.25, 0.3) is 0 Å². The van der Waals surface area contributed by atoms with Gasteiger partial charge in [-0.25, -0.2) is 0 Å². The lowest BCUT2D eigenvalue weighted by Gasteiger charge is -2.39. The van der Waals surface area contributed by atoms with Crippen LogP contribution in [-0.2, 0) is 5.41 Å². The van der Waals surface area contributed by atoms with E-state index in [1.165, 1.54) is 19.3 Å². The fourth-order valence-corrected chi connectivity index (χ4v) is 3.54. The molecule has 1 aliphatic rings. The van der Waals surface area contributed by atoms with Crippen LogP contribution in [0, 0.1) is 0 Å². The lowest BCUT2D eigenvalue weighted by atomic mass is 9.70. The van der Waals surface area contributed by atoms with E-state index in [-0.39, 0.29) is 12.0 Å².